The Bertz CT molecular complexity index is 527. The molecule has 2 aromatic rings. The molecule has 0 spiro atoms. The van der Waals surface area contributed by atoms with Crippen LogP contribution in [0.25, 0.3) is 10.9 Å². The fourth-order valence-corrected chi connectivity index (χ4v) is 3.03. The predicted molar refractivity (Wildman–Crippen MR) is 77.0 cm³/mol. The van der Waals surface area contributed by atoms with Crippen LogP contribution in [0, 0.1) is 0 Å². The summed E-state index contributed by atoms with van der Waals surface area (Å²) in [5.41, 5.74) is 4.31. The Morgan fingerprint density at radius 3 is 3.11 bits per heavy atom. The molecule has 1 aliphatic carbocycles. The molecule has 1 aromatic carbocycles. The van der Waals surface area contributed by atoms with Crippen molar-refractivity contribution in [2.75, 3.05) is 6.54 Å². The van der Waals surface area contributed by atoms with Crippen molar-refractivity contribution in [1.29, 1.82) is 0 Å². The van der Waals surface area contributed by atoms with Crippen molar-refractivity contribution in [3.63, 3.8) is 0 Å². The van der Waals surface area contributed by atoms with E-state index in [1.54, 1.807) is 5.56 Å². The van der Waals surface area contributed by atoms with Crippen molar-refractivity contribution in [2.45, 2.75) is 45.1 Å². The van der Waals surface area contributed by atoms with Crippen molar-refractivity contribution >= 4 is 10.9 Å². The fraction of sp³-hybridized carbons (Fsp3) is 0.500. The van der Waals surface area contributed by atoms with Gasteiger partial charge in [0.2, 0.25) is 0 Å². The number of unbranched alkanes of at least 4 members (excludes halogenated alkanes) is 1. The molecule has 0 radical (unpaired) electrons. The van der Waals surface area contributed by atoms with Gasteiger partial charge in [-0.25, -0.2) is 0 Å². The minimum absolute atomic E-state index is 0.670. The Kier molecular flexibility index (Phi) is 3.37. The van der Waals surface area contributed by atoms with Crippen LogP contribution in [0.2, 0.25) is 0 Å². The Morgan fingerprint density at radius 1 is 1.33 bits per heavy atom. The molecule has 1 aliphatic rings. The molecule has 1 heterocycles. The molecule has 2 N–H and O–H groups in total. The highest BCUT2D eigenvalue weighted by atomic mass is 14.9. The molecule has 0 aliphatic heterocycles. The highest BCUT2D eigenvalue weighted by molar-refractivity contribution is 5.84. The molecule has 0 fully saturated rings. The minimum Gasteiger partial charge on any atom is -0.358 e. The van der Waals surface area contributed by atoms with Crippen LogP contribution in [-0.4, -0.2) is 17.6 Å². The molecule has 96 valence electrons. The first-order valence-electron chi connectivity index (χ1n) is 7.20. The van der Waals surface area contributed by atoms with E-state index in [2.05, 4.69) is 41.5 Å². The molecule has 18 heavy (non-hydrogen) atoms. The van der Waals surface area contributed by atoms with Crippen LogP contribution in [0.5, 0.6) is 0 Å². The Morgan fingerprint density at radius 2 is 2.22 bits per heavy atom. The van der Waals surface area contributed by atoms with E-state index in [1.165, 1.54) is 55.2 Å². The Labute approximate surface area is 109 Å². The summed E-state index contributed by atoms with van der Waals surface area (Å²) in [7, 11) is 0. The summed E-state index contributed by atoms with van der Waals surface area (Å²) in [4.78, 5) is 3.58. The molecular weight excluding hydrogens is 220 g/mol. The molecule has 0 saturated heterocycles. The van der Waals surface area contributed by atoms with Gasteiger partial charge in [0.05, 0.1) is 0 Å². The maximum atomic E-state index is 3.70. The first-order valence-corrected chi connectivity index (χ1v) is 7.20. The quantitative estimate of drug-likeness (QED) is 0.790. The average Bonchev–Trinajstić information content (AvgIpc) is 2.77. The molecule has 1 atom stereocenters. The number of rotatable bonds is 4. The van der Waals surface area contributed by atoms with E-state index in [0.29, 0.717) is 6.04 Å². The van der Waals surface area contributed by atoms with Crippen LogP contribution in [0.15, 0.2) is 24.3 Å². The van der Waals surface area contributed by atoms with Crippen molar-refractivity contribution in [3.8, 4) is 0 Å². The highest BCUT2D eigenvalue weighted by Crippen LogP contribution is 2.28. The molecule has 3 rings (SSSR count). The standard InChI is InChI=1S/C16H22N2/c1-2-3-10-17-12-8-9-16-14(11-12)13-6-4-5-7-15(13)18-16/h4-7,12,17-18H,2-3,8-11H2,1H3/t12-/m1/s1. The fourth-order valence-electron chi connectivity index (χ4n) is 3.03. The topological polar surface area (TPSA) is 27.8 Å². The summed E-state index contributed by atoms with van der Waals surface area (Å²) < 4.78 is 0. The lowest BCUT2D eigenvalue weighted by Crippen LogP contribution is -2.34. The zero-order valence-corrected chi connectivity index (χ0v) is 11.1. The number of H-pyrrole nitrogens is 1. The van der Waals surface area contributed by atoms with E-state index in [4.69, 9.17) is 0 Å². The normalized spacial score (nSPS) is 19.1. The first-order chi connectivity index (χ1) is 8.88. The van der Waals surface area contributed by atoms with Gasteiger partial charge in [0.15, 0.2) is 0 Å². The largest absolute Gasteiger partial charge is 0.358 e. The van der Waals surface area contributed by atoms with Gasteiger partial charge in [0, 0.05) is 22.6 Å². The van der Waals surface area contributed by atoms with Crippen molar-refractivity contribution < 1.29 is 0 Å². The molecule has 2 nitrogen and oxygen atoms in total. The van der Waals surface area contributed by atoms with Gasteiger partial charge < -0.3 is 10.3 Å². The number of hydrogen-bond donors (Lipinski definition) is 2. The molecule has 0 unspecified atom stereocenters. The van der Waals surface area contributed by atoms with Crippen molar-refractivity contribution in [2.24, 2.45) is 0 Å². The number of aromatic nitrogens is 1. The monoisotopic (exact) mass is 242 g/mol. The molecule has 0 saturated carbocycles. The third kappa shape index (κ3) is 2.17. The predicted octanol–water partition coefficient (Wildman–Crippen LogP) is 3.41. The summed E-state index contributed by atoms with van der Waals surface area (Å²) in [6, 6.07) is 9.36. The molecule has 0 bridgehead atoms. The zero-order chi connectivity index (χ0) is 12.4. The minimum atomic E-state index is 0.670. The van der Waals surface area contributed by atoms with Crippen molar-refractivity contribution in [1.82, 2.24) is 10.3 Å². The second-order valence-corrected chi connectivity index (χ2v) is 5.38. The van der Waals surface area contributed by atoms with Gasteiger partial charge in [0.25, 0.3) is 0 Å². The van der Waals surface area contributed by atoms with Gasteiger partial charge in [-0.05, 0) is 43.9 Å². The van der Waals surface area contributed by atoms with Gasteiger partial charge in [0.1, 0.15) is 0 Å². The number of hydrogen-bond acceptors (Lipinski definition) is 1. The van der Waals surface area contributed by atoms with E-state index in [0.717, 1.165) is 0 Å². The lowest BCUT2D eigenvalue weighted by Gasteiger charge is -2.23. The number of fused-ring (bicyclic) bond motifs is 3. The summed E-state index contributed by atoms with van der Waals surface area (Å²) in [5, 5.41) is 5.13. The van der Waals surface area contributed by atoms with E-state index in [9.17, 15) is 0 Å². The number of aryl methyl sites for hydroxylation is 1. The van der Waals surface area contributed by atoms with Gasteiger partial charge >= 0.3 is 0 Å². The highest BCUT2D eigenvalue weighted by Gasteiger charge is 2.21. The Balaban J connectivity index is 1.78. The van der Waals surface area contributed by atoms with Crippen LogP contribution in [-0.2, 0) is 12.8 Å². The van der Waals surface area contributed by atoms with Crippen molar-refractivity contribution in [3.05, 3.63) is 35.5 Å². The lowest BCUT2D eigenvalue weighted by atomic mass is 9.91. The smallest absolute Gasteiger partial charge is 0.0458 e. The van der Waals surface area contributed by atoms with Gasteiger partial charge in [-0.15, -0.1) is 0 Å². The van der Waals surface area contributed by atoms with Crippen LogP contribution in [0.3, 0.4) is 0 Å². The van der Waals surface area contributed by atoms with Crippen LogP contribution >= 0.6 is 0 Å². The second-order valence-electron chi connectivity index (χ2n) is 5.38. The average molecular weight is 242 g/mol. The molecule has 1 aromatic heterocycles. The number of para-hydroxylation sites is 1. The van der Waals surface area contributed by atoms with Gasteiger partial charge in [-0.1, -0.05) is 31.5 Å². The molecule has 2 heteroatoms. The number of benzene rings is 1. The third-order valence-electron chi connectivity index (χ3n) is 4.06. The van der Waals surface area contributed by atoms with Gasteiger partial charge in [-0.2, -0.15) is 0 Å². The maximum Gasteiger partial charge on any atom is 0.0458 e. The maximum absolute atomic E-state index is 3.70. The molecule has 0 amide bonds. The Hall–Kier alpha value is -1.28. The first kappa shape index (κ1) is 11.8. The third-order valence-corrected chi connectivity index (χ3v) is 4.06. The summed E-state index contributed by atoms with van der Waals surface area (Å²) in [5.74, 6) is 0. The van der Waals surface area contributed by atoms with E-state index in [1.807, 2.05) is 0 Å². The SMILES string of the molecule is CCCCN[C@@H]1CCc2[nH]c3ccccc3c2C1. The van der Waals surface area contributed by atoms with E-state index in [-0.39, 0.29) is 0 Å². The second kappa shape index (κ2) is 5.15. The number of nitrogens with one attached hydrogen (secondary N) is 2. The van der Waals surface area contributed by atoms with E-state index < -0.39 is 0 Å². The summed E-state index contributed by atoms with van der Waals surface area (Å²) in [6.45, 7) is 3.42. The van der Waals surface area contributed by atoms with Crippen LogP contribution in [0.4, 0.5) is 0 Å². The van der Waals surface area contributed by atoms with E-state index >= 15 is 0 Å². The summed E-state index contributed by atoms with van der Waals surface area (Å²) in [6.07, 6.45) is 6.20. The summed E-state index contributed by atoms with van der Waals surface area (Å²) >= 11 is 0. The zero-order valence-electron chi connectivity index (χ0n) is 11.1. The lowest BCUT2D eigenvalue weighted by molar-refractivity contribution is 0.452. The van der Waals surface area contributed by atoms with Crippen LogP contribution < -0.4 is 5.32 Å². The van der Waals surface area contributed by atoms with Gasteiger partial charge in [-0.3, -0.25) is 0 Å². The molecular formula is C16H22N2. The number of aromatic amines is 1. The van der Waals surface area contributed by atoms with Crippen LogP contribution in [0.1, 0.15) is 37.4 Å².